The summed E-state index contributed by atoms with van der Waals surface area (Å²) in [6.45, 7) is 9.56. The van der Waals surface area contributed by atoms with E-state index in [2.05, 4.69) is 47.2 Å². The molecule has 0 spiro atoms. The van der Waals surface area contributed by atoms with Crippen LogP contribution in [-0.2, 0) is 64.0 Å². The molecule has 4 aromatic carbocycles. The number of nitrogens with one attached hydrogen (secondary N) is 9. The Kier molecular flexibility index (Phi) is 23.7. The molecule has 2 aromatic heterocycles. The van der Waals surface area contributed by atoms with E-state index in [1.54, 1.807) is 27.1 Å². The molecule has 0 unspecified atom stereocenters. The maximum absolute atomic E-state index is 15.1. The lowest BCUT2D eigenvalue weighted by molar-refractivity contribution is -0.136. The van der Waals surface area contributed by atoms with Gasteiger partial charge in [0, 0.05) is 77.3 Å². The monoisotopic (exact) mass is 1170 g/mol. The Morgan fingerprint density at radius 1 is 0.602 bits per heavy atom. The molecule has 442 valence electrons. The van der Waals surface area contributed by atoms with Crippen molar-refractivity contribution >= 4 is 90.3 Å². The maximum atomic E-state index is 15.1. The summed E-state index contributed by atoms with van der Waals surface area (Å²) < 4.78 is 0. The molecule has 1 aliphatic rings. The molecule has 6 aromatic rings. The normalized spacial score (nSPS) is 20.7. The fourth-order valence-electron chi connectivity index (χ4n) is 10.4. The minimum Gasteiger partial charge on any atom is -0.361 e. The van der Waals surface area contributed by atoms with Crippen LogP contribution in [-0.4, -0.2) is 125 Å². The fourth-order valence-corrected chi connectivity index (χ4v) is 12.9. The lowest BCUT2D eigenvalue weighted by atomic mass is 9.89. The molecule has 0 radical (unpaired) electrons. The zero-order chi connectivity index (χ0) is 59.6. The second-order valence-corrected chi connectivity index (χ2v) is 24.9. The van der Waals surface area contributed by atoms with Crippen LogP contribution in [0.3, 0.4) is 0 Å². The first-order valence-corrected chi connectivity index (χ1v) is 31.2. The molecule has 17 nitrogen and oxygen atoms in total. The van der Waals surface area contributed by atoms with Gasteiger partial charge in [-0.3, -0.25) is 38.4 Å². The van der Waals surface area contributed by atoms with Gasteiger partial charge in [-0.25, -0.2) is 0 Å². The van der Waals surface area contributed by atoms with E-state index in [1.807, 2.05) is 124 Å². The zero-order valence-electron chi connectivity index (χ0n) is 48.7. The van der Waals surface area contributed by atoms with Crippen molar-refractivity contribution in [1.82, 2.24) is 47.2 Å². The summed E-state index contributed by atoms with van der Waals surface area (Å²) in [5, 5.41) is 22.8. The lowest BCUT2D eigenvalue weighted by Crippen LogP contribution is -2.60. The molecular formula is C64H81N9O8S2. The second-order valence-electron chi connectivity index (χ2n) is 22.3. The Morgan fingerprint density at radius 2 is 1.16 bits per heavy atom. The molecule has 7 rings (SSSR count). The highest BCUT2D eigenvalue weighted by atomic mass is 33.1. The van der Waals surface area contributed by atoms with Gasteiger partial charge in [0.15, 0.2) is 11.6 Å². The van der Waals surface area contributed by atoms with E-state index < -0.39 is 89.3 Å². The highest BCUT2D eigenvalue weighted by Crippen LogP contribution is 2.30. The van der Waals surface area contributed by atoms with Gasteiger partial charge in [0.05, 0.1) is 18.0 Å². The van der Waals surface area contributed by atoms with E-state index in [0.717, 1.165) is 55.2 Å². The number of amides is 5. The summed E-state index contributed by atoms with van der Waals surface area (Å²) in [6.07, 6.45) is 5.23. The van der Waals surface area contributed by atoms with Crippen molar-refractivity contribution in [2.45, 2.75) is 129 Å². The molecule has 1 saturated heterocycles. The number of aromatic nitrogens is 2. The van der Waals surface area contributed by atoms with Crippen molar-refractivity contribution in [1.29, 1.82) is 0 Å². The minimum absolute atomic E-state index is 0.000973. The second kappa shape index (κ2) is 31.0. The van der Waals surface area contributed by atoms with Crippen LogP contribution in [0.15, 0.2) is 109 Å². The largest absolute Gasteiger partial charge is 0.361 e. The molecule has 19 heteroatoms. The molecule has 0 bridgehead atoms. The lowest BCUT2D eigenvalue weighted by Gasteiger charge is -2.29. The van der Waals surface area contributed by atoms with Crippen LogP contribution in [0.2, 0.25) is 0 Å². The summed E-state index contributed by atoms with van der Waals surface area (Å²) >= 11 is 0. The van der Waals surface area contributed by atoms with Crippen LogP contribution in [0.1, 0.15) is 86.3 Å². The predicted octanol–water partition coefficient (Wildman–Crippen LogP) is 6.73. The number of para-hydroxylation sites is 2. The van der Waals surface area contributed by atoms with Gasteiger partial charge >= 0.3 is 0 Å². The zero-order valence-corrected chi connectivity index (χ0v) is 50.3. The summed E-state index contributed by atoms with van der Waals surface area (Å²) in [6, 6.07) is 24.1. The standard InChI is InChI=1S/C64H81N9O8S2/c1-38(2)59-64(81)72-56(58(76)32-44(41(5)74)30-45-34-67-50-16-10-8-14-48(45)50)37-83-82-36-47(33-57(75)53(66-7)28-42-23-19-39(3)20-24-42)60(77)70-54(29-43-25-21-40(4)22-26-43)62(79)71-55(31-46-35-68-51-17-11-9-15-49(46)51)63(80)69-52(61(78)73-59)18-12-13-27-65-6/h8-11,14-17,19-26,34-35,38,44,47,52-56,59,65-68H,12-13,18,27-33,36-37H2,1-7H3,(H,69,80)(H,70,77)(H,71,79)(H,72,81)(H,73,78)/t44-,47+,52+,53-,54+,55-,56+,59+/m1/s1. The number of rotatable bonds is 22. The van der Waals surface area contributed by atoms with Gasteiger partial charge in [0.1, 0.15) is 30.0 Å². The first kappa shape index (κ1) is 63.5. The third-order valence-corrected chi connectivity index (χ3v) is 18.0. The summed E-state index contributed by atoms with van der Waals surface area (Å²) in [5.41, 5.74) is 7.02. The number of hydrogen-bond acceptors (Lipinski definition) is 12. The van der Waals surface area contributed by atoms with Crippen LogP contribution in [0.25, 0.3) is 21.8 Å². The van der Waals surface area contributed by atoms with Gasteiger partial charge in [0.25, 0.3) is 0 Å². The Labute approximate surface area is 494 Å². The molecular weight excluding hydrogens is 1090 g/mol. The van der Waals surface area contributed by atoms with Crippen LogP contribution in [0.4, 0.5) is 0 Å². The number of carbonyl (C=O) groups excluding carboxylic acids is 8. The predicted molar refractivity (Wildman–Crippen MR) is 331 cm³/mol. The molecule has 0 aliphatic carbocycles. The number of aromatic amines is 2. The van der Waals surface area contributed by atoms with Crippen molar-refractivity contribution in [3.63, 3.8) is 0 Å². The SMILES string of the molecule is CNCCCC[C@@H]1NC(=O)[C@@H](Cc2c[nH]c3ccccc23)NC(=O)[C@H](Cc2ccc(C)cc2)NC(=O)[C@@H](CC(=O)[C@@H](Cc2ccc(C)cc2)NC)CSSC[C@@H](C(=O)C[C@@H](Cc2c[nH]c3ccccc23)C(C)=O)NC(=O)[C@H](C(C)C)NC1=O. The highest BCUT2D eigenvalue weighted by molar-refractivity contribution is 8.76. The number of benzene rings is 4. The van der Waals surface area contributed by atoms with Crippen molar-refractivity contribution in [2.75, 3.05) is 32.1 Å². The number of H-pyrrole nitrogens is 2. The van der Waals surface area contributed by atoms with Crippen molar-refractivity contribution in [3.05, 3.63) is 143 Å². The Hall–Kier alpha value is -7.06. The smallest absolute Gasteiger partial charge is 0.243 e. The van der Waals surface area contributed by atoms with Crippen LogP contribution < -0.4 is 37.2 Å². The van der Waals surface area contributed by atoms with E-state index in [1.165, 1.54) is 28.5 Å². The first-order chi connectivity index (χ1) is 39.9. The average Bonchev–Trinajstić information content (AvgIpc) is 4.09. The summed E-state index contributed by atoms with van der Waals surface area (Å²) in [4.78, 5) is 124. The average molecular weight is 1170 g/mol. The molecule has 3 heterocycles. The van der Waals surface area contributed by atoms with Gasteiger partial charge in [-0.2, -0.15) is 0 Å². The number of carbonyl (C=O) groups is 8. The first-order valence-electron chi connectivity index (χ1n) is 28.8. The molecule has 0 saturated carbocycles. The molecule has 1 aliphatic heterocycles. The van der Waals surface area contributed by atoms with Gasteiger partial charge in [-0.15, -0.1) is 0 Å². The molecule has 1 fully saturated rings. The number of likely N-dealkylation sites (N-methyl/N-ethyl adjacent to an activating group) is 1. The number of hydrogen-bond donors (Lipinski definition) is 9. The van der Waals surface area contributed by atoms with Crippen molar-refractivity contribution in [3.8, 4) is 0 Å². The Bertz CT molecular complexity index is 3200. The van der Waals surface area contributed by atoms with Gasteiger partial charge < -0.3 is 47.2 Å². The van der Waals surface area contributed by atoms with E-state index in [4.69, 9.17) is 0 Å². The third kappa shape index (κ3) is 18.2. The fraction of sp³-hybridized carbons (Fsp3) is 0.438. The highest BCUT2D eigenvalue weighted by Gasteiger charge is 2.37. The summed E-state index contributed by atoms with van der Waals surface area (Å²) in [7, 11) is 5.99. The van der Waals surface area contributed by atoms with Gasteiger partial charge in [-0.1, -0.05) is 131 Å². The van der Waals surface area contributed by atoms with Crippen LogP contribution >= 0.6 is 21.6 Å². The Balaban J connectivity index is 1.26. The maximum Gasteiger partial charge on any atom is 0.243 e. The van der Waals surface area contributed by atoms with Gasteiger partial charge in [0.2, 0.25) is 29.5 Å². The number of Topliss-reactive ketones (excluding diaryl/α,β-unsaturated/α-hetero) is 3. The van der Waals surface area contributed by atoms with Gasteiger partial charge in [-0.05, 0) is 114 Å². The van der Waals surface area contributed by atoms with Crippen LogP contribution in [0, 0.1) is 31.6 Å². The number of fused-ring (bicyclic) bond motifs is 2. The minimum atomic E-state index is -1.27. The number of ketones is 3. The third-order valence-electron chi connectivity index (χ3n) is 15.5. The molecule has 83 heavy (non-hydrogen) atoms. The van der Waals surface area contributed by atoms with E-state index in [-0.39, 0.29) is 61.6 Å². The van der Waals surface area contributed by atoms with Crippen molar-refractivity contribution in [2.24, 2.45) is 17.8 Å². The Morgan fingerprint density at radius 3 is 1.77 bits per heavy atom. The molecule has 8 atom stereocenters. The van der Waals surface area contributed by atoms with Crippen LogP contribution in [0.5, 0.6) is 0 Å². The molecule has 5 amide bonds. The number of unbranched alkanes of at least 4 members (excludes halogenated alkanes) is 1. The molecule has 9 N–H and O–H groups in total. The van der Waals surface area contributed by atoms with Crippen molar-refractivity contribution < 1.29 is 38.4 Å². The van der Waals surface area contributed by atoms with E-state index in [0.29, 0.717) is 25.8 Å². The summed E-state index contributed by atoms with van der Waals surface area (Å²) in [5.74, 6) is -6.15. The van der Waals surface area contributed by atoms with E-state index >= 15 is 14.4 Å². The number of aryl methyl sites for hydroxylation is 2. The topological polar surface area (TPSA) is 252 Å². The quantitative estimate of drug-likeness (QED) is 0.0254. The van der Waals surface area contributed by atoms with E-state index in [9.17, 15) is 24.0 Å².